The third-order valence-corrected chi connectivity index (χ3v) is 3.29. The summed E-state index contributed by atoms with van der Waals surface area (Å²) in [7, 11) is 2.19. The second-order valence-corrected chi connectivity index (χ2v) is 4.87. The van der Waals surface area contributed by atoms with E-state index >= 15 is 0 Å². The van der Waals surface area contributed by atoms with Gasteiger partial charge in [-0.05, 0) is 33.2 Å². The molecule has 0 radical (unpaired) electrons. The molecular weight excluding hydrogens is 176 g/mol. The maximum absolute atomic E-state index is 9.21. The fourth-order valence-corrected chi connectivity index (χ4v) is 2.15. The zero-order valence-corrected chi connectivity index (χ0v) is 9.83. The lowest BCUT2D eigenvalue weighted by atomic mass is 9.90. The topological polar surface area (TPSA) is 35.5 Å². The third kappa shape index (κ3) is 3.23. The SMILES string of the molecule is C[C@H](O)CN[C@@H]1C[C@H](C)N(C)C[C@H]1C. The Morgan fingerprint density at radius 2 is 2.14 bits per heavy atom. The molecule has 0 amide bonds. The van der Waals surface area contributed by atoms with Gasteiger partial charge in [0, 0.05) is 25.2 Å². The molecule has 4 atom stereocenters. The summed E-state index contributed by atoms with van der Waals surface area (Å²) in [6, 6.07) is 1.22. The molecule has 1 rings (SSSR count). The summed E-state index contributed by atoms with van der Waals surface area (Å²) in [6.45, 7) is 8.24. The molecule has 0 aliphatic carbocycles. The van der Waals surface area contributed by atoms with E-state index < -0.39 is 0 Å². The molecule has 0 aromatic rings. The van der Waals surface area contributed by atoms with Crippen LogP contribution in [-0.4, -0.2) is 48.3 Å². The van der Waals surface area contributed by atoms with Gasteiger partial charge in [0.2, 0.25) is 0 Å². The molecule has 2 N–H and O–H groups in total. The molecule has 3 heteroatoms. The van der Waals surface area contributed by atoms with E-state index in [2.05, 4.69) is 31.1 Å². The van der Waals surface area contributed by atoms with Crippen LogP contribution in [0.5, 0.6) is 0 Å². The quantitative estimate of drug-likeness (QED) is 0.703. The first-order valence-electron chi connectivity index (χ1n) is 5.62. The van der Waals surface area contributed by atoms with E-state index in [0.29, 0.717) is 24.5 Å². The number of likely N-dealkylation sites (tertiary alicyclic amines) is 1. The summed E-state index contributed by atoms with van der Waals surface area (Å²) in [5, 5.41) is 12.7. The van der Waals surface area contributed by atoms with Crippen LogP contribution in [0.4, 0.5) is 0 Å². The molecular formula is C11H24N2O. The average Bonchev–Trinajstić information content (AvgIpc) is 2.09. The van der Waals surface area contributed by atoms with Gasteiger partial charge in [0.15, 0.2) is 0 Å². The monoisotopic (exact) mass is 200 g/mol. The Bertz CT molecular complexity index is 173. The second-order valence-electron chi connectivity index (χ2n) is 4.87. The fourth-order valence-electron chi connectivity index (χ4n) is 2.15. The second kappa shape index (κ2) is 5.10. The van der Waals surface area contributed by atoms with E-state index in [-0.39, 0.29) is 6.10 Å². The van der Waals surface area contributed by atoms with Crippen LogP contribution in [-0.2, 0) is 0 Å². The zero-order chi connectivity index (χ0) is 10.7. The van der Waals surface area contributed by atoms with Crippen molar-refractivity contribution >= 4 is 0 Å². The number of piperidine rings is 1. The summed E-state index contributed by atoms with van der Waals surface area (Å²) in [5.74, 6) is 0.676. The Morgan fingerprint density at radius 1 is 1.50 bits per heavy atom. The molecule has 0 aromatic carbocycles. The first-order chi connectivity index (χ1) is 6.50. The van der Waals surface area contributed by atoms with Crippen molar-refractivity contribution in [3.05, 3.63) is 0 Å². The van der Waals surface area contributed by atoms with Crippen molar-refractivity contribution in [3.63, 3.8) is 0 Å². The highest BCUT2D eigenvalue weighted by Crippen LogP contribution is 2.20. The van der Waals surface area contributed by atoms with Crippen LogP contribution in [0.15, 0.2) is 0 Å². The lowest BCUT2D eigenvalue weighted by molar-refractivity contribution is 0.109. The minimum Gasteiger partial charge on any atom is -0.392 e. The van der Waals surface area contributed by atoms with Crippen molar-refractivity contribution in [2.45, 2.75) is 45.4 Å². The Labute approximate surface area is 87.5 Å². The Morgan fingerprint density at radius 3 is 2.71 bits per heavy atom. The number of nitrogens with one attached hydrogen (secondary N) is 1. The van der Waals surface area contributed by atoms with Gasteiger partial charge in [-0.2, -0.15) is 0 Å². The van der Waals surface area contributed by atoms with Gasteiger partial charge >= 0.3 is 0 Å². The maximum atomic E-state index is 9.21. The maximum Gasteiger partial charge on any atom is 0.0636 e. The molecule has 14 heavy (non-hydrogen) atoms. The summed E-state index contributed by atoms with van der Waals surface area (Å²) in [4.78, 5) is 2.41. The Balaban J connectivity index is 2.37. The van der Waals surface area contributed by atoms with Gasteiger partial charge in [-0.15, -0.1) is 0 Å². The molecule has 3 nitrogen and oxygen atoms in total. The molecule has 0 saturated carbocycles. The van der Waals surface area contributed by atoms with Crippen molar-refractivity contribution < 1.29 is 5.11 Å². The van der Waals surface area contributed by atoms with E-state index in [4.69, 9.17) is 0 Å². The van der Waals surface area contributed by atoms with Crippen LogP contribution in [0.3, 0.4) is 0 Å². The summed E-state index contributed by atoms with van der Waals surface area (Å²) >= 11 is 0. The predicted molar refractivity (Wildman–Crippen MR) is 59.3 cm³/mol. The lowest BCUT2D eigenvalue weighted by Gasteiger charge is -2.40. The van der Waals surface area contributed by atoms with Gasteiger partial charge in [-0.3, -0.25) is 0 Å². The third-order valence-electron chi connectivity index (χ3n) is 3.29. The van der Waals surface area contributed by atoms with Crippen molar-refractivity contribution in [2.75, 3.05) is 20.1 Å². The molecule has 1 fully saturated rings. The van der Waals surface area contributed by atoms with Gasteiger partial charge in [-0.25, -0.2) is 0 Å². The minimum absolute atomic E-state index is 0.239. The van der Waals surface area contributed by atoms with Crippen LogP contribution in [0.2, 0.25) is 0 Å². The van der Waals surface area contributed by atoms with Crippen molar-refractivity contribution in [1.29, 1.82) is 0 Å². The van der Waals surface area contributed by atoms with Crippen LogP contribution in [0.25, 0.3) is 0 Å². The van der Waals surface area contributed by atoms with Gasteiger partial charge < -0.3 is 15.3 Å². The Kier molecular flexibility index (Phi) is 4.35. The fraction of sp³-hybridized carbons (Fsp3) is 1.00. The number of rotatable bonds is 3. The molecule has 0 bridgehead atoms. The molecule has 1 aliphatic rings. The predicted octanol–water partition coefficient (Wildman–Crippen LogP) is 0.686. The minimum atomic E-state index is -0.239. The number of hydrogen-bond acceptors (Lipinski definition) is 3. The number of nitrogens with zero attached hydrogens (tertiary/aromatic N) is 1. The first-order valence-corrected chi connectivity index (χ1v) is 5.62. The van der Waals surface area contributed by atoms with Gasteiger partial charge in [0.25, 0.3) is 0 Å². The molecule has 1 saturated heterocycles. The molecule has 84 valence electrons. The smallest absolute Gasteiger partial charge is 0.0636 e. The van der Waals surface area contributed by atoms with E-state index in [0.717, 1.165) is 6.54 Å². The standard InChI is InChI=1S/C11H24N2O/c1-8-7-13(4)9(2)5-11(8)12-6-10(3)14/h8-12,14H,5-7H2,1-4H3/t8-,9+,10+,11-/m1/s1. The molecule has 0 unspecified atom stereocenters. The first kappa shape index (κ1) is 12.0. The molecule has 0 spiro atoms. The highest BCUT2D eigenvalue weighted by atomic mass is 16.3. The highest BCUT2D eigenvalue weighted by molar-refractivity contribution is 4.86. The van der Waals surface area contributed by atoms with Crippen molar-refractivity contribution in [1.82, 2.24) is 10.2 Å². The van der Waals surface area contributed by atoms with Gasteiger partial charge in [-0.1, -0.05) is 6.92 Å². The van der Waals surface area contributed by atoms with E-state index in [1.165, 1.54) is 6.42 Å². The average molecular weight is 200 g/mol. The van der Waals surface area contributed by atoms with Crippen LogP contribution in [0.1, 0.15) is 27.2 Å². The highest BCUT2D eigenvalue weighted by Gasteiger charge is 2.28. The summed E-state index contributed by atoms with van der Waals surface area (Å²) < 4.78 is 0. The summed E-state index contributed by atoms with van der Waals surface area (Å²) in [5.41, 5.74) is 0. The van der Waals surface area contributed by atoms with Crippen LogP contribution in [0, 0.1) is 5.92 Å². The largest absolute Gasteiger partial charge is 0.392 e. The molecule has 1 heterocycles. The number of aliphatic hydroxyl groups excluding tert-OH is 1. The van der Waals surface area contributed by atoms with Crippen molar-refractivity contribution in [2.24, 2.45) is 5.92 Å². The lowest BCUT2D eigenvalue weighted by Crippen LogP contribution is -2.51. The molecule has 0 aromatic heterocycles. The van der Waals surface area contributed by atoms with Gasteiger partial charge in [0.05, 0.1) is 6.10 Å². The normalized spacial score (nSPS) is 37.1. The number of hydrogen-bond donors (Lipinski definition) is 2. The number of aliphatic hydroxyl groups is 1. The van der Waals surface area contributed by atoms with Gasteiger partial charge in [0.1, 0.15) is 0 Å². The van der Waals surface area contributed by atoms with Crippen LogP contribution >= 0.6 is 0 Å². The Hall–Kier alpha value is -0.120. The molecule has 1 aliphatic heterocycles. The zero-order valence-electron chi connectivity index (χ0n) is 9.83. The van der Waals surface area contributed by atoms with E-state index in [1.54, 1.807) is 0 Å². The van der Waals surface area contributed by atoms with Crippen molar-refractivity contribution in [3.8, 4) is 0 Å². The van der Waals surface area contributed by atoms with E-state index in [9.17, 15) is 5.11 Å². The van der Waals surface area contributed by atoms with Crippen LogP contribution < -0.4 is 5.32 Å². The summed E-state index contributed by atoms with van der Waals surface area (Å²) in [6.07, 6.45) is 0.946. The van der Waals surface area contributed by atoms with E-state index in [1.807, 2.05) is 6.92 Å².